The Morgan fingerprint density at radius 2 is 1.92 bits per heavy atom. The number of nitrogens with one attached hydrogen (secondary N) is 1. The fraction of sp³-hybridized carbons (Fsp3) is 0.368. The summed E-state index contributed by atoms with van der Waals surface area (Å²) >= 11 is 0. The number of nitrogen functional groups attached to an aromatic ring is 1. The van der Waals surface area contributed by atoms with Crippen molar-refractivity contribution in [1.29, 1.82) is 0 Å². The van der Waals surface area contributed by atoms with Crippen LogP contribution in [-0.2, 0) is 22.5 Å². The van der Waals surface area contributed by atoms with E-state index in [4.69, 9.17) is 10.5 Å². The van der Waals surface area contributed by atoms with Gasteiger partial charge in [0, 0.05) is 43.5 Å². The van der Waals surface area contributed by atoms with Crippen LogP contribution in [0.5, 0.6) is 0 Å². The van der Waals surface area contributed by atoms with Crippen LogP contribution in [0.3, 0.4) is 0 Å². The SMILES string of the molecule is Nc1ccccc1CCC(=O)NCc1cccnc1N1CCOCC1. The number of hydrogen-bond acceptors (Lipinski definition) is 5. The third kappa shape index (κ3) is 4.70. The van der Waals surface area contributed by atoms with E-state index in [-0.39, 0.29) is 5.91 Å². The zero-order valence-corrected chi connectivity index (χ0v) is 14.3. The molecule has 2 aromatic rings. The molecule has 0 unspecified atom stereocenters. The summed E-state index contributed by atoms with van der Waals surface area (Å²) in [6.07, 6.45) is 2.84. The second kappa shape index (κ2) is 8.48. The first kappa shape index (κ1) is 17.2. The summed E-state index contributed by atoms with van der Waals surface area (Å²) < 4.78 is 5.39. The van der Waals surface area contributed by atoms with Gasteiger partial charge in [-0.2, -0.15) is 0 Å². The number of benzene rings is 1. The highest BCUT2D eigenvalue weighted by Gasteiger charge is 2.16. The smallest absolute Gasteiger partial charge is 0.220 e. The number of carbonyl (C=O) groups is 1. The molecule has 1 amide bonds. The molecule has 0 aliphatic carbocycles. The first-order valence-electron chi connectivity index (χ1n) is 8.60. The van der Waals surface area contributed by atoms with Gasteiger partial charge in [0.1, 0.15) is 5.82 Å². The van der Waals surface area contributed by atoms with E-state index < -0.39 is 0 Å². The molecule has 0 atom stereocenters. The van der Waals surface area contributed by atoms with Crippen molar-refractivity contribution in [3.05, 3.63) is 53.7 Å². The molecule has 25 heavy (non-hydrogen) atoms. The van der Waals surface area contributed by atoms with E-state index >= 15 is 0 Å². The summed E-state index contributed by atoms with van der Waals surface area (Å²) in [6, 6.07) is 11.6. The summed E-state index contributed by atoms with van der Waals surface area (Å²) in [4.78, 5) is 18.9. The number of pyridine rings is 1. The molecule has 1 aromatic carbocycles. The molecule has 132 valence electrons. The zero-order valence-electron chi connectivity index (χ0n) is 14.3. The molecule has 1 fully saturated rings. The van der Waals surface area contributed by atoms with Gasteiger partial charge in [-0.1, -0.05) is 24.3 Å². The van der Waals surface area contributed by atoms with Crippen LogP contribution in [0.25, 0.3) is 0 Å². The van der Waals surface area contributed by atoms with Gasteiger partial charge in [0.25, 0.3) is 0 Å². The summed E-state index contributed by atoms with van der Waals surface area (Å²) in [5.74, 6) is 0.943. The van der Waals surface area contributed by atoms with Crippen molar-refractivity contribution in [3.63, 3.8) is 0 Å². The monoisotopic (exact) mass is 340 g/mol. The van der Waals surface area contributed by atoms with Crippen molar-refractivity contribution in [1.82, 2.24) is 10.3 Å². The summed E-state index contributed by atoms with van der Waals surface area (Å²) in [6.45, 7) is 3.54. The number of nitrogens with zero attached hydrogens (tertiary/aromatic N) is 2. The number of carbonyl (C=O) groups excluding carboxylic acids is 1. The van der Waals surface area contributed by atoms with Crippen LogP contribution in [0.1, 0.15) is 17.5 Å². The predicted molar refractivity (Wildman–Crippen MR) is 98.3 cm³/mol. The maximum Gasteiger partial charge on any atom is 0.220 e. The first-order chi connectivity index (χ1) is 12.2. The molecule has 2 heterocycles. The van der Waals surface area contributed by atoms with E-state index in [1.54, 1.807) is 6.20 Å². The minimum Gasteiger partial charge on any atom is -0.399 e. The molecule has 6 nitrogen and oxygen atoms in total. The van der Waals surface area contributed by atoms with Crippen molar-refractivity contribution in [3.8, 4) is 0 Å². The van der Waals surface area contributed by atoms with Gasteiger partial charge < -0.3 is 20.7 Å². The number of nitrogens with two attached hydrogens (primary N) is 1. The highest BCUT2D eigenvalue weighted by atomic mass is 16.5. The van der Waals surface area contributed by atoms with Gasteiger partial charge >= 0.3 is 0 Å². The van der Waals surface area contributed by atoms with Crippen molar-refractivity contribution in [2.24, 2.45) is 0 Å². The molecule has 3 N–H and O–H groups in total. The largest absolute Gasteiger partial charge is 0.399 e. The molecule has 1 aromatic heterocycles. The first-order valence-corrected chi connectivity index (χ1v) is 8.60. The molecule has 1 aliphatic heterocycles. The molecule has 0 radical (unpaired) electrons. The third-order valence-electron chi connectivity index (χ3n) is 4.33. The fourth-order valence-electron chi connectivity index (χ4n) is 2.92. The second-order valence-electron chi connectivity index (χ2n) is 6.06. The zero-order chi connectivity index (χ0) is 17.5. The van der Waals surface area contributed by atoms with Gasteiger partial charge in [-0.05, 0) is 24.1 Å². The van der Waals surface area contributed by atoms with Crippen LogP contribution in [0, 0.1) is 0 Å². The number of hydrogen-bond donors (Lipinski definition) is 2. The number of rotatable bonds is 6. The van der Waals surface area contributed by atoms with Gasteiger partial charge in [-0.25, -0.2) is 4.98 Å². The molecular formula is C19H24N4O2. The van der Waals surface area contributed by atoms with Gasteiger partial charge in [0.15, 0.2) is 0 Å². The lowest BCUT2D eigenvalue weighted by atomic mass is 10.1. The van der Waals surface area contributed by atoms with Crippen LogP contribution in [0.4, 0.5) is 11.5 Å². The van der Waals surface area contributed by atoms with E-state index in [1.165, 1.54) is 0 Å². The molecule has 0 bridgehead atoms. The number of amides is 1. The Morgan fingerprint density at radius 1 is 1.16 bits per heavy atom. The number of aryl methyl sites for hydroxylation is 1. The Kier molecular flexibility index (Phi) is 5.85. The minimum absolute atomic E-state index is 0.0139. The van der Waals surface area contributed by atoms with Crippen LogP contribution in [0.2, 0.25) is 0 Å². The van der Waals surface area contributed by atoms with E-state index in [9.17, 15) is 4.79 Å². The third-order valence-corrected chi connectivity index (χ3v) is 4.33. The Labute approximate surface area is 148 Å². The van der Waals surface area contributed by atoms with Crippen LogP contribution in [0.15, 0.2) is 42.6 Å². The number of morpholine rings is 1. The van der Waals surface area contributed by atoms with Crippen molar-refractivity contribution in [2.45, 2.75) is 19.4 Å². The van der Waals surface area contributed by atoms with Gasteiger partial charge in [-0.3, -0.25) is 4.79 Å². The quantitative estimate of drug-likeness (QED) is 0.783. The van der Waals surface area contributed by atoms with E-state index in [0.29, 0.717) is 32.6 Å². The summed E-state index contributed by atoms with van der Waals surface area (Å²) in [7, 11) is 0. The summed E-state index contributed by atoms with van der Waals surface area (Å²) in [5, 5.41) is 2.99. The van der Waals surface area contributed by atoms with Crippen LogP contribution >= 0.6 is 0 Å². The highest BCUT2D eigenvalue weighted by Crippen LogP contribution is 2.18. The standard InChI is InChI=1S/C19H24N4O2/c20-17-6-2-1-4-15(17)7-8-18(24)22-14-16-5-3-9-21-19(16)23-10-12-25-13-11-23/h1-6,9H,7-8,10-14,20H2,(H,22,24). The lowest BCUT2D eigenvalue weighted by Gasteiger charge is -2.29. The maximum atomic E-state index is 12.2. The highest BCUT2D eigenvalue weighted by molar-refractivity contribution is 5.76. The molecule has 1 saturated heterocycles. The minimum atomic E-state index is 0.0139. The van der Waals surface area contributed by atoms with Crippen LogP contribution < -0.4 is 16.0 Å². The van der Waals surface area contributed by atoms with Crippen molar-refractivity contribution < 1.29 is 9.53 Å². The van der Waals surface area contributed by atoms with Gasteiger partial charge in [-0.15, -0.1) is 0 Å². The molecule has 0 saturated carbocycles. The molecule has 0 spiro atoms. The average Bonchev–Trinajstić information content (AvgIpc) is 2.66. The normalized spacial score (nSPS) is 14.3. The lowest BCUT2D eigenvalue weighted by Crippen LogP contribution is -2.37. The molecule has 6 heteroatoms. The Balaban J connectivity index is 1.54. The van der Waals surface area contributed by atoms with E-state index in [1.807, 2.05) is 36.4 Å². The summed E-state index contributed by atoms with van der Waals surface area (Å²) in [5.41, 5.74) is 8.68. The molecule has 1 aliphatic rings. The number of para-hydroxylation sites is 1. The van der Waals surface area contributed by atoms with Gasteiger partial charge in [0.2, 0.25) is 5.91 Å². The maximum absolute atomic E-state index is 12.2. The van der Waals surface area contributed by atoms with Crippen LogP contribution in [-0.4, -0.2) is 37.2 Å². The van der Waals surface area contributed by atoms with Crippen molar-refractivity contribution >= 4 is 17.4 Å². The van der Waals surface area contributed by atoms with Crippen molar-refractivity contribution in [2.75, 3.05) is 36.9 Å². The molecular weight excluding hydrogens is 316 g/mol. The Morgan fingerprint density at radius 3 is 2.72 bits per heavy atom. The number of aromatic nitrogens is 1. The number of anilines is 2. The Bertz CT molecular complexity index is 714. The topological polar surface area (TPSA) is 80.5 Å². The lowest BCUT2D eigenvalue weighted by molar-refractivity contribution is -0.121. The fourth-order valence-corrected chi connectivity index (χ4v) is 2.92. The van der Waals surface area contributed by atoms with E-state index in [0.717, 1.165) is 35.7 Å². The Hall–Kier alpha value is -2.60. The molecule has 3 rings (SSSR count). The average molecular weight is 340 g/mol. The number of ether oxygens (including phenoxy) is 1. The second-order valence-corrected chi connectivity index (χ2v) is 6.06. The predicted octanol–water partition coefficient (Wildman–Crippen LogP) is 1.75. The van der Waals surface area contributed by atoms with E-state index in [2.05, 4.69) is 15.2 Å². The van der Waals surface area contributed by atoms with Gasteiger partial charge in [0.05, 0.1) is 13.2 Å².